The number of likely N-dealkylation sites (N-methyl/N-ethyl adjacent to an activating group) is 1. The van der Waals surface area contributed by atoms with E-state index in [2.05, 4.69) is 38.4 Å². The lowest BCUT2D eigenvalue weighted by Crippen LogP contribution is -2.30. The number of nitrogens with zero attached hydrogens (tertiary/aromatic N) is 7. The standard InChI is InChI=1S/C19H22N8S/c1-25-6-3-4-13(11-25)15-8-17(28-24-15)23-18-19-21-10-16(27(19)7-5-20-18)14-9-22-26(2)12-14/h5,7-10,12-13H,3-4,6,11H2,1-2H3,(H,20,23). The number of nitrogens with one attached hydrogen (secondary N) is 1. The fourth-order valence-corrected chi connectivity index (χ4v) is 4.56. The number of aromatic nitrogens is 6. The maximum Gasteiger partial charge on any atom is 0.180 e. The molecule has 4 aromatic heterocycles. The van der Waals surface area contributed by atoms with E-state index in [9.17, 15) is 0 Å². The molecule has 0 saturated carbocycles. The molecular formula is C19H22N8S. The predicted molar refractivity (Wildman–Crippen MR) is 110 cm³/mol. The second-order valence-corrected chi connectivity index (χ2v) is 8.16. The van der Waals surface area contributed by atoms with Gasteiger partial charge in [0.1, 0.15) is 5.00 Å². The summed E-state index contributed by atoms with van der Waals surface area (Å²) in [7, 11) is 4.09. The molecule has 1 fully saturated rings. The molecule has 8 nitrogen and oxygen atoms in total. The molecule has 0 aliphatic carbocycles. The zero-order chi connectivity index (χ0) is 19.1. The van der Waals surface area contributed by atoms with Gasteiger partial charge in [-0.3, -0.25) is 9.08 Å². The van der Waals surface area contributed by atoms with Crippen molar-refractivity contribution >= 4 is 28.0 Å². The van der Waals surface area contributed by atoms with Crippen LogP contribution in [0.3, 0.4) is 0 Å². The molecule has 5 rings (SSSR count). The van der Waals surface area contributed by atoms with Crippen molar-refractivity contribution in [1.29, 1.82) is 0 Å². The van der Waals surface area contributed by atoms with Gasteiger partial charge < -0.3 is 10.2 Å². The summed E-state index contributed by atoms with van der Waals surface area (Å²) in [5, 5.41) is 8.67. The molecule has 1 N–H and O–H groups in total. The minimum atomic E-state index is 0.512. The molecule has 0 spiro atoms. The molecule has 0 radical (unpaired) electrons. The van der Waals surface area contributed by atoms with Gasteiger partial charge in [-0.1, -0.05) is 0 Å². The Bertz CT molecular complexity index is 1110. The number of piperidine rings is 1. The van der Waals surface area contributed by atoms with Crippen molar-refractivity contribution in [1.82, 2.24) is 33.4 Å². The van der Waals surface area contributed by atoms with Crippen molar-refractivity contribution in [2.75, 3.05) is 25.5 Å². The van der Waals surface area contributed by atoms with Crippen LogP contribution in [0.15, 0.2) is 37.1 Å². The largest absolute Gasteiger partial charge is 0.328 e. The number of anilines is 2. The first-order chi connectivity index (χ1) is 13.7. The fourth-order valence-electron chi connectivity index (χ4n) is 3.84. The van der Waals surface area contributed by atoms with Crippen molar-refractivity contribution in [3.05, 3.63) is 42.7 Å². The Kier molecular flexibility index (Phi) is 4.33. The van der Waals surface area contributed by atoms with E-state index in [0.29, 0.717) is 5.92 Å². The first-order valence-corrected chi connectivity index (χ1v) is 10.2. The smallest absolute Gasteiger partial charge is 0.180 e. The van der Waals surface area contributed by atoms with Crippen LogP contribution >= 0.6 is 11.5 Å². The van der Waals surface area contributed by atoms with Gasteiger partial charge in [-0.15, -0.1) is 0 Å². The third-order valence-electron chi connectivity index (χ3n) is 5.24. The minimum Gasteiger partial charge on any atom is -0.328 e. The molecule has 1 atom stereocenters. The molecule has 1 aliphatic heterocycles. The lowest BCUT2D eigenvalue weighted by Gasteiger charge is -2.28. The number of aryl methyl sites for hydroxylation is 1. The van der Waals surface area contributed by atoms with Crippen molar-refractivity contribution in [2.45, 2.75) is 18.8 Å². The van der Waals surface area contributed by atoms with Gasteiger partial charge in [0, 0.05) is 43.7 Å². The SMILES string of the molecule is CN1CCCC(c2cc(Nc3nccn4c(-c5cnn(C)c5)cnc34)sn2)C1. The molecule has 144 valence electrons. The summed E-state index contributed by atoms with van der Waals surface area (Å²) in [5.74, 6) is 1.24. The molecule has 4 aromatic rings. The van der Waals surface area contributed by atoms with Crippen LogP contribution in [0, 0.1) is 0 Å². The Morgan fingerprint density at radius 3 is 2.96 bits per heavy atom. The van der Waals surface area contributed by atoms with Gasteiger partial charge in [-0.25, -0.2) is 9.97 Å². The molecule has 1 unspecified atom stereocenters. The minimum absolute atomic E-state index is 0.512. The zero-order valence-corrected chi connectivity index (χ0v) is 16.7. The van der Waals surface area contributed by atoms with E-state index >= 15 is 0 Å². The highest BCUT2D eigenvalue weighted by molar-refractivity contribution is 7.10. The predicted octanol–water partition coefficient (Wildman–Crippen LogP) is 3.14. The highest BCUT2D eigenvalue weighted by Crippen LogP contribution is 2.31. The highest BCUT2D eigenvalue weighted by Gasteiger charge is 2.21. The van der Waals surface area contributed by atoms with Crippen LogP contribution in [-0.4, -0.2) is 53.6 Å². The lowest BCUT2D eigenvalue weighted by atomic mass is 9.95. The molecular weight excluding hydrogens is 372 g/mol. The van der Waals surface area contributed by atoms with Crippen LogP contribution in [0.1, 0.15) is 24.5 Å². The van der Waals surface area contributed by atoms with Gasteiger partial charge in [0.2, 0.25) is 0 Å². The van der Waals surface area contributed by atoms with Crippen LogP contribution in [-0.2, 0) is 7.05 Å². The van der Waals surface area contributed by atoms with Crippen LogP contribution in [0.5, 0.6) is 0 Å². The Balaban J connectivity index is 1.42. The summed E-state index contributed by atoms with van der Waals surface area (Å²) in [4.78, 5) is 11.5. The van der Waals surface area contributed by atoms with Gasteiger partial charge in [0.15, 0.2) is 11.5 Å². The van der Waals surface area contributed by atoms with Gasteiger partial charge in [-0.2, -0.15) is 9.47 Å². The normalized spacial score (nSPS) is 18.0. The monoisotopic (exact) mass is 394 g/mol. The molecule has 1 aliphatic rings. The Morgan fingerprint density at radius 2 is 2.14 bits per heavy atom. The zero-order valence-electron chi connectivity index (χ0n) is 15.9. The summed E-state index contributed by atoms with van der Waals surface area (Å²) >= 11 is 1.48. The van der Waals surface area contributed by atoms with Crippen molar-refractivity contribution in [3.8, 4) is 11.3 Å². The van der Waals surface area contributed by atoms with Gasteiger partial charge in [0.05, 0.1) is 23.8 Å². The summed E-state index contributed by atoms with van der Waals surface area (Å²) in [5.41, 5.74) is 3.97. The third kappa shape index (κ3) is 3.16. The molecule has 9 heteroatoms. The van der Waals surface area contributed by atoms with Gasteiger partial charge in [0.25, 0.3) is 0 Å². The summed E-state index contributed by atoms with van der Waals surface area (Å²) in [6.45, 7) is 2.25. The quantitative estimate of drug-likeness (QED) is 0.573. The molecule has 28 heavy (non-hydrogen) atoms. The summed E-state index contributed by atoms with van der Waals surface area (Å²) < 4.78 is 8.51. The van der Waals surface area contributed by atoms with E-state index in [1.54, 1.807) is 10.9 Å². The van der Waals surface area contributed by atoms with E-state index in [0.717, 1.165) is 34.3 Å². The number of hydrogen-bond donors (Lipinski definition) is 1. The van der Waals surface area contributed by atoms with Crippen LogP contribution in [0.25, 0.3) is 16.9 Å². The Labute approximate surface area is 167 Å². The second kappa shape index (κ2) is 6.99. The molecule has 0 bridgehead atoms. The van der Waals surface area contributed by atoms with Crippen LogP contribution in [0.2, 0.25) is 0 Å². The average Bonchev–Trinajstić information content (AvgIpc) is 3.41. The number of likely N-dealkylation sites (tertiary alicyclic amines) is 1. The first kappa shape index (κ1) is 17.3. The fraction of sp³-hybridized carbons (Fsp3) is 0.368. The van der Waals surface area contributed by atoms with Crippen molar-refractivity contribution in [2.24, 2.45) is 7.05 Å². The Morgan fingerprint density at radius 1 is 1.21 bits per heavy atom. The third-order valence-corrected chi connectivity index (χ3v) is 5.96. The molecule has 0 aromatic carbocycles. The average molecular weight is 395 g/mol. The highest BCUT2D eigenvalue weighted by atomic mass is 32.1. The van der Waals surface area contributed by atoms with Gasteiger partial charge >= 0.3 is 0 Å². The van der Waals surface area contributed by atoms with Gasteiger partial charge in [-0.05, 0) is 44.0 Å². The summed E-state index contributed by atoms with van der Waals surface area (Å²) in [6, 6.07) is 2.16. The number of fused-ring (bicyclic) bond motifs is 1. The first-order valence-electron chi connectivity index (χ1n) is 9.40. The molecule has 0 amide bonds. The van der Waals surface area contributed by atoms with Crippen LogP contribution < -0.4 is 5.32 Å². The van der Waals surface area contributed by atoms with E-state index in [-0.39, 0.29) is 0 Å². The lowest BCUT2D eigenvalue weighted by molar-refractivity contribution is 0.249. The number of rotatable bonds is 4. The maximum absolute atomic E-state index is 4.69. The summed E-state index contributed by atoms with van der Waals surface area (Å²) in [6.07, 6.45) is 11.8. The number of imidazole rings is 1. The van der Waals surface area contributed by atoms with Crippen LogP contribution in [0.4, 0.5) is 10.8 Å². The molecule has 5 heterocycles. The van der Waals surface area contributed by atoms with E-state index in [1.165, 1.54) is 36.6 Å². The maximum atomic E-state index is 4.69. The Hall–Kier alpha value is -2.78. The van der Waals surface area contributed by atoms with E-state index in [1.807, 2.05) is 36.2 Å². The van der Waals surface area contributed by atoms with E-state index in [4.69, 9.17) is 4.37 Å². The second-order valence-electron chi connectivity index (χ2n) is 7.36. The number of hydrogen-bond acceptors (Lipinski definition) is 7. The topological polar surface area (TPSA) is 76.2 Å². The molecule has 1 saturated heterocycles. The van der Waals surface area contributed by atoms with Crippen molar-refractivity contribution < 1.29 is 0 Å². The van der Waals surface area contributed by atoms with Crippen molar-refractivity contribution in [3.63, 3.8) is 0 Å². The van der Waals surface area contributed by atoms with E-state index < -0.39 is 0 Å².